The van der Waals surface area contributed by atoms with Crippen molar-refractivity contribution in [3.8, 4) is 0 Å². The lowest BCUT2D eigenvalue weighted by atomic mass is 10.2. The van der Waals surface area contributed by atoms with Gasteiger partial charge in [-0.2, -0.15) is 0 Å². The van der Waals surface area contributed by atoms with Gasteiger partial charge in [-0.25, -0.2) is 0 Å². The molecule has 1 rings (SSSR count). The van der Waals surface area contributed by atoms with E-state index in [1.165, 1.54) is 15.3 Å². The molecule has 0 aromatic carbocycles. The van der Waals surface area contributed by atoms with Crippen LogP contribution in [-0.4, -0.2) is 35.7 Å². The monoisotopic (exact) mass is 282 g/mol. The van der Waals surface area contributed by atoms with Gasteiger partial charge in [0.25, 0.3) is 0 Å². The zero-order valence-corrected chi connectivity index (χ0v) is 13.1. The molecule has 19 heavy (non-hydrogen) atoms. The summed E-state index contributed by atoms with van der Waals surface area (Å²) in [5.74, 6) is 0. The molecule has 108 valence electrons. The molecule has 4 heteroatoms. The van der Waals surface area contributed by atoms with E-state index in [0.29, 0.717) is 12.6 Å². The summed E-state index contributed by atoms with van der Waals surface area (Å²) in [5, 5.41) is 12.5. The summed E-state index contributed by atoms with van der Waals surface area (Å²) in [6, 6.07) is 2.79. The smallest absolute Gasteiger partial charge is 0.0558 e. The number of aliphatic hydroxyl groups excluding tert-OH is 1. The van der Waals surface area contributed by atoms with Crippen molar-refractivity contribution in [2.75, 3.05) is 19.7 Å². The second-order valence-corrected chi connectivity index (χ2v) is 6.42. The SMILES string of the molecule is C=CCN(CCO)Cc1cc(CNC(C)C)sc1C. The minimum atomic E-state index is 0.193. The van der Waals surface area contributed by atoms with E-state index < -0.39 is 0 Å². The van der Waals surface area contributed by atoms with Gasteiger partial charge in [-0.3, -0.25) is 4.90 Å². The Morgan fingerprint density at radius 1 is 1.53 bits per heavy atom. The van der Waals surface area contributed by atoms with Crippen LogP contribution in [0.5, 0.6) is 0 Å². The van der Waals surface area contributed by atoms with Gasteiger partial charge in [-0.1, -0.05) is 19.9 Å². The normalized spacial score (nSPS) is 11.5. The highest BCUT2D eigenvalue weighted by atomic mass is 32.1. The van der Waals surface area contributed by atoms with Crippen LogP contribution in [0.25, 0.3) is 0 Å². The highest BCUT2D eigenvalue weighted by Crippen LogP contribution is 2.23. The molecule has 0 bridgehead atoms. The summed E-state index contributed by atoms with van der Waals surface area (Å²) in [4.78, 5) is 4.96. The van der Waals surface area contributed by atoms with Gasteiger partial charge in [-0.05, 0) is 18.6 Å². The van der Waals surface area contributed by atoms with Crippen LogP contribution in [-0.2, 0) is 13.1 Å². The fraction of sp³-hybridized carbons (Fsp3) is 0.600. The van der Waals surface area contributed by atoms with E-state index in [4.69, 9.17) is 5.11 Å². The van der Waals surface area contributed by atoms with Crippen molar-refractivity contribution in [2.45, 2.75) is 39.9 Å². The molecule has 3 nitrogen and oxygen atoms in total. The van der Waals surface area contributed by atoms with Crippen LogP contribution in [0.2, 0.25) is 0 Å². The molecule has 0 atom stereocenters. The van der Waals surface area contributed by atoms with Crippen molar-refractivity contribution in [1.29, 1.82) is 0 Å². The summed E-state index contributed by atoms with van der Waals surface area (Å²) in [5.41, 5.74) is 1.36. The van der Waals surface area contributed by atoms with E-state index in [2.05, 4.69) is 43.6 Å². The zero-order valence-electron chi connectivity index (χ0n) is 12.3. The topological polar surface area (TPSA) is 35.5 Å². The molecule has 2 N–H and O–H groups in total. The van der Waals surface area contributed by atoms with Crippen molar-refractivity contribution in [1.82, 2.24) is 10.2 Å². The van der Waals surface area contributed by atoms with E-state index in [9.17, 15) is 0 Å². The number of rotatable bonds is 9. The highest BCUT2D eigenvalue weighted by Gasteiger charge is 2.10. The van der Waals surface area contributed by atoms with Gasteiger partial charge in [0.05, 0.1) is 6.61 Å². The molecule has 0 saturated heterocycles. The molecule has 0 aliphatic rings. The van der Waals surface area contributed by atoms with Crippen LogP contribution in [0.3, 0.4) is 0 Å². The minimum absolute atomic E-state index is 0.193. The fourth-order valence-electron chi connectivity index (χ4n) is 1.94. The average molecular weight is 282 g/mol. The first-order valence-corrected chi connectivity index (χ1v) is 7.64. The van der Waals surface area contributed by atoms with Crippen LogP contribution < -0.4 is 5.32 Å². The number of thiophene rings is 1. The maximum absolute atomic E-state index is 9.08. The predicted octanol–water partition coefficient (Wildman–Crippen LogP) is 2.53. The lowest BCUT2D eigenvalue weighted by Gasteiger charge is -2.19. The third-order valence-corrected chi connectivity index (χ3v) is 4.05. The van der Waals surface area contributed by atoms with E-state index in [1.54, 1.807) is 0 Å². The number of aryl methyl sites for hydroxylation is 1. The molecule has 0 amide bonds. The Morgan fingerprint density at radius 2 is 2.26 bits per heavy atom. The second-order valence-electron chi connectivity index (χ2n) is 5.08. The van der Waals surface area contributed by atoms with Crippen LogP contribution >= 0.6 is 11.3 Å². The number of aliphatic hydroxyl groups is 1. The Morgan fingerprint density at radius 3 is 2.84 bits per heavy atom. The molecule has 1 heterocycles. The van der Waals surface area contributed by atoms with Crippen LogP contribution in [0, 0.1) is 6.92 Å². The molecular formula is C15H26N2OS. The third-order valence-electron chi connectivity index (χ3n) is 2.95. The molecule has 0 aliphatic carbocycles. The molecule has 0 aliphatic heterocycles. The summed E-state index contributed by atoms with van der Waals surface area (Å²) >= 11 is 1.86. The van der Waals surface area contributed by atoms with Gasteiger partial charge in [0.2, 0.25) is 0 Å². The van der Waals surface area contributed by atoms with Crippen molar-refractivity contribution in [3.63, 3.8) is 0 Å². The van der Waals surface area contributed by atoms with E-state index in [-0.39, 0.29) is 6.61 Å². The average Bonchev–Trinajstić information content (AvgIpc) is 2.68. The number of nitrogens with zero attached hydrogens (tertiary/aromatic N) is 1. The van der Waals surface area contributed by atoms with Crippen molar-refractivity contribution < 1.29 is 5.11 Å². The summed E-state index contributed by atoms with van der Waals surface area (Å²) in [6.07, 6.45) is 1.89. The highest BCUT2D eigenvalue weighted by molar-refractivity contribution is 7.12. The lowest BCUT2D eigenvalue weighted by Crippen LogP contribution is -2.26. The van der Waals surface area contributed by atoms with Crippen LogP contribution in [0.1, 0.15) is 29.2 Å². The minimum Gasteiger partial charge on any atom is -0.395 e. The summed E-state index contributed by atoms with van der Waals surface area (Å²) < 4.78 is 0. The Labute approximate surface area is 121 Å². The zero-order chi connectivity index (χ0) is 14.3. The van der Waals surface area contributed by atoms with Gasteiger partial charge in [0.15, 0.2) is 0 Å². The van der Waals surface area contributed by atoms with Gasteiger partial charge >= 0.3 is 0 Å². The first-order valence-electron chi connectivity index (χ1n) is 6.82. The first kappa shape index (κ1) is 16.4. The molecule has 1 aromatic heterocycles. The molecular weight excluding hydrogens is 256 g/mol. The van der Waals surface area contributed by atoms with Gasteiger partial charge < -0.3 is 10.4 Å². The number of nitrogens with one attached hydrogen (secondary N) is 1. The van der Waals surface area contributed by atoms with Crippen molar-refractivity contribution in [3.05, 3.63) is 34.0 Å². The fourth-order valence-corrected chi connectivity index (χ4v) is 2.94. The largest absolute Gasteiger partial charge is 0.395 e. The molecule has 0 radical (unpaired) electrons. The second kappa shape index (κ2) is 8.48. The van der Waals surface area contributed by atoms with E-state index in [0.717, 1.165) is 19.6 Å². The molecule has 1 aromatic rings. The molecule has 0 spiro atoms. The Kier molecular flexibility index (Phi) is 7.31. The Balaban J connectivity index is 2.63. The predicted molar refractivity (Wildman–Crippen MR) is 83.6 cm³/mol. The maximum atomic E-state index is 9.08. The number of hydrogen-bond donors (Lipinski definition) is 2. The Hall–Kier alpha value is -0.680. The summed E-state index contributed by atoms with van der Waals surface area (Å²) in [7, 11) is 0. The van der Waals surface area contributed by atoms with Gasteiger partial charge in [-0.15, -0.1) is 17.9 Å². The van der Waals surface area contributed by atoms with Gasteiger partial charge in [0, 0.05) is 42.0 Å². The lowest BCUT2D eigenvalue weighted by molar-refractivity contribution is 0.203. The first-order chi connectivity index (χ1) is 9.06. The number of hydrogen-bond acceptors (Lipinski definition) is 4. The summed E-state index contributed by atoms with van der Waals surface area (Å²) in [6.45, 7) is 13.8. The molecule has 0 saturated carbocycles. The van der Waals surface area contributed by atoms with Crippen molar-refractivity contribution in [2.24, 2.45) is 0 Å². The van der Waals surface area contributed by atoms with Crippen molar-refractivity contribution >= 4 is 11.3 Å². The third kappa shape index (κ3) is 5.87. The van der Waals surface area contributed by atoms with Gasteiger partial charge in [0.1, 0.15) is 0 Å². The maximum Gasteiger partial charge on any atom is 0.0558 e. The standard InChI is InChI=1S/C15H26N2OS/c1-5-6-17(7-8-18)11-14-9-15(19-13(14)4)10-16-12(2)3/h5,9,12,16,18H,1,6-8,10-11H2,2-4H3. The van der Waals surface area contributed by atoms with Crippen LogP contribution in [0.15, 0.2) is 18.7 Å². The van der Waals surface area contributed by atoms with Crippen LogP contribution in [0.4, 0.5) is 0 Å². The molecule has 0 unspecified atom stereocenters. The molecule has 0 fully saturated rings. The Bertz CT molecular complexity index is 387. The quantitative estimate of drug-likeness (QED) is 0.683. The van der Waals surface area contributed by atoms with E-state index in [1.807, 2.05) is 17.4 Å². The van der Waals surface area contributed by atoms with E-state index >= 15 is 0 Å².